The van der Waals surface area contributed by atoms with E-state index in [9.17, 15) is 0 Å². The van der Waals surface area contributed by atoms with E-state index in [1.807, 2.05) is 6.92 Å². The first-order valence-corrected chi connectivity index (χ1v) is 9.33. The molecule has 0 bridgehead atoms. The first-order valence-electron chi connectivity index (χ1n) is 9.33. The van der Waals surface area contributed by atoms with Crippen LogP contribution in [-0.4, -0.2) is 14.4 Å². The molecule has 0 saturated carbocycles. The topological polar surface area (TPSA) is 30.2 Å². The van der Waals surface area contributed by atoms with Crippen molar-refractivity contribution in [1.29, 1.82) is 0 Å². The molecule has 3 heteroatoms. The third-order valence-corrected chi connectivity index (χ3v) is 5.41. The van der Waals surface area contributed by atoms with E-state index < -0.39 is 0 Å². The van der Waals surface area contributed by atoms with Crippen LogP contribution in [0.4, 0.5) is 0 Å². The van der Waals surface area contributed by atoms with Crippen molar-refractivity contribution in [3.05, 3.63) is 65.4 Å². The van der Waals surface area contributed by atoms with Gasteiger partial charge in [-0.15, -0.1) is 0 Å². The minimum atomic E-state index is 0.997. The zero-order valence-corrected chi connectivity index (χ0v) is 15.4. The largest absolute Gasteiger partial charge is 0.292 e. The minimum absolute atomic E-state index is 0.997. The van der Waals surface area contributed by atoms with Crippen LogP contribution in [0.5, 0.6) is 0 Å². The number of rotatable bonds is 2. The molecule has 3 heterocycles. The molecule has 0 aliphatic heterocycles. The zero-order valence-electron chi connectivity index (χ0n) is 15.4. The fraction of sp³-hybridized carbons (Fsp3) is 0.217. The summed E-state index contributed by atoms with van der Waals surface area (Å²) < 4.78 is 2.31. The van der Waals surface area contributed by atoms with Gasteiger partial charge in [-0.05, 0) is 61.2 Å². The first kappa shape index (κ1) is 15.3. The van der Waals surface area contributed by atoms with Crippen molar-refractivity contribution >= 4 is 38.5 Å². The van der Waals surface area contributed by atoms with E-state index in [1.165, 1.54) is 27.5 Å². The van der Waals surface area contributed by atoms with Crippen molar-refractivity contribution < 1.29 is 0 Å². The Morgan fingerprint density at radius 1 is 0.808 bits per heavy atom. The smallest absolute Gasteiger partial charge is 0.147 e. The maximum Gasteiger partial charge on any atom is 0.147 e. The van der Waals surface area contributed by atoms with Crippen molar-refractivity contribution in [2.24, 2.45) is 0 Å². The van der Waals surface area contributed by atoms with E-state index in [-0.39, 0.29) is 0 Å². The average Bonchev–Trinajstić information content (AvgIpc) is 3.05. The van der Waals surface area contributed by atoms with Crippen LogP contribution >= 0.6 is 0 Å². The van der Waals surface area contributed by atoms with E-state index in [1.54, 1.807) is 0 Å². The van der Waals surface area contributed by atoms with Gasteiger partial charge in [0.15, 0.2) is 0 Å². The molecule has 5 rings (SSSR count). The molecule has 0 saturated heterocycles. The molecule has 2 aromatic carbocycles. The van der Waals surface area contributed by atoms with E-state index in [0.717, 1.165) is 40.6 Å². The number of benzene rings is 2. The molecule has 0 spiro atoms. The van der Waals surface area contributed by atoms with Crippen LogP contribution in [0.2, 0.25) is 0 Å². The molecule has 0 atom stereocenters. The lowest BCUT2D eigenvalue weighted by molar-refractivity contribution is 1.04. The van der Waals surface area contributed by atoms with E-state index >= 15 is 0 Å². The summed E-state index contributed by atoms with van der Waals surface area (Å²) in [5.41, 5.74) is 9.29. The summed E-state index contributed by atoms with van der Waals surface area (Å²) in [5.74, 6) is 0. The SMILES string of the molecule is CCc1cc2nc3c4ccc(C)nc4c4ccccc4n3c2cc1CC. The molecule has 0 unspecified atom stereocenters. The molecule has 0 aliphatic carbocycles. The van der Waals surface area contributed by atoms with Gasteiger partial charge in [-0.25, -0.2) is 4.98 Å². The minimum Gasteiger partial charge on any atom is -0.292 e. The Labute approximate surface area is 152 Å². The molecule has 0 amide bonds. The Balaban J connectivity index is 2.09. The van der Waals surface area contributed by atoms with Crippen LogP contribution in [0.25, 0.3) is 38.5 Å². The number of imidazole rings is 1. The quantitative estimate of drug-likeness (QED) is 0.391. The number of nitrogens with zero attached hydrogens (tertiary/aromatic N) is 3. The Kier molecular flexibility index (Phi) is 3.26. The van der Waals surface area contributed by atoms with Crippen LogP contribution < -0.4 is 0 Å². The zero-order chi connectivity index (χ0) is 17.8. The van der Waals surface area contributed by atoms with Crippen molar-refractivity contribution in [3.8, 4) is 0 Å². The molecule has 0 radical (unpaired) electrons. The highest BCUT2D eigenvalue weighted by molar-refractivity contribution is 6.12. The monoisotopic (exact) mass is 339 g/mol. The summed E-state index contributed by atoms with van der Waals surface area (Å²) >= 11 is 0. The normalized spacial score (nSPS) is 12.0. The van der Waals surface area contributed by atoms with Crippen LogP contribution in [0.15, 0.2) is 48.5 Å². The van der Waals surface area contributed by atoms with Crippen LogP contribution in [0, 0.1) is 6.92 Å². The molecule has 128 valence electrons. The van der Waals surface area contributed by atoms with Crippen molar-refractivity contribution in [1.82, 2.24) is 14.4 Å². The van der Waals surface area contributed by atoms with Gasteiger partial charge in [0.1, 0.15) is 5.65 Å². The van der Waals surface area contributed by atoms with E-state index in [0.29, 0.717) is 0 Å². The third kappa shape index (κ3) is 2.00. The Hall–Kier alpha value is -2.94. The second kappa shape index (κ2) is 5.53. The molecule has 26 heavy (non-hydrogen) atoms. The maximum atomic E-state index is 5.03. The fourth-order valence-electron chi connectivity index (χ4n) is 4.10. The summed E-state index contributed by atoms with van der Waals surface area (Å²) in [4.78, 5) is 9.87. The highest BCUT2D eigenvalue weighted by Gasteiger charge is 2.15. The number of aromatic nitrogens is 3. The van der Waals surface area contributed by atoms with Gasteiger partial charge >= 0.3 is 0 Å². The number of para-hydroxylation sites is 1. The van der Waals surface area contributed by atoms with Gasteiger partial charge in [0, 0.05) is 16.5 Å². The Morgan fingerprint density at radius 3 is 2.38 bits per heavy atom. The standard InChI is InChI=1S/C23H21N3/c1-4-15-12-19-21(13-16(15)5-2)26-20-9-7-6-8-17(20)22-18(23(26)25-19)11-10-14(3)24-22/h6-13H,4-5H2,1-3H3. The highest BCUT2D eigenvalue weighted by Crippen LogP contribution is 2.32. The van der Waals surface area contributed by atoms with Crippen molar-refractivity contribution in [2.75, 3.05) is 0 Å². The van der Waals surface area contributed by atoms with Gasteiger partial charge in [-0.2, -0.15) is 0 Å². The summed E-state index contributed by atoms with van der Waals surface area (Å²) in [7, 11) is 0. The molecular weight excluding hydrogens is 318 g/mol. The second-order valence-electron chi connectivity index (χ2n) is 6.95. The Bertz CT molecular complexity index is 1310. The third-order valence-electron chi connectivity index (χ3n) is 5.41. The lowest BCUT2D eigenvalue weighted by Gasteiger charge is -2.10. The molecule has 0 aliphatic rings. The molecule has 3 aromatic heterocycles. The van der Waals surface area contributed by atoms with Gasteiger partial charge < -0.3 is 0 Å². The molecule has 0 N–H and O–H groups in total. The highest BCUT2D eigenvalue weighted by atomic mass is 15.0. The fourth-order valence-corrected chi connectivity index (χ4v) is 4.10. The first-order chi connectivity index (χ1) is 12.7. The van der Waals surface area contributed by atoms with Crippen molar-refractivity contribution in [2.45, 2.75) is 33.6 Å². The van der Waals surface area contributed by atoms with Gasteiger partial charge in [-0.3, -0.25) is 9.38 Å². The molecule has 3 nitrogen and oxygen atoms in total. The van der Waals surface area contributed by atoms with Gasteiger partial charge in [0.2, 0.25) is 0 Å². The summed E-state index contributed by atoms with van der Waals surface area (Å²) in [6.45, 7) is 6.49. The van der Waals surface area contributed by atoms with Crippen molar-refractivity contribution in [3.63, 3.8) is 0 Å². The van der Waals surface area contributed by atoms with E-state index in [2.05, 4.69) is 66.8 Å². The lowest BCUT2D eigenvalue weighted by atomic mass is 10.0. The number of hydrogen-bond donors (Lipinski definition) is 0. The number of pyridine rings is 2. The van der Waals surface area contributed by atoms with Gasteiger partial charge in [0.25, 0.3) is 0 Å². The predicted octanol–water partition coefficient (Wildman–Crippen LogP) is 5.62. The average molecular weight is 339 g/mol. The lowest BCUT2D eigenvalue weighted by Crippen LogP contribution is -1.95. The molecular formula is C23H21N3. The maximum absolute atomic E-state index is 5.03. The predicted molar refractivity (Wildman–Crippen MR) is 109 cm³/mol. The van der Waals surface area contributed by atoms with Crippen LogP contribution in [0.3, 0.4) is 0 Å². The molecule has 0 fully saturated rings. The number of aryl methyl sites for hydroxylation is 3. The number of fused-ring (bicyclic) bond motifs is 8. The second-order valence-corrected chi connectivity index (χ2v) is 6.95. The summed E-state index contributed by atoms with van der Waals surface area (Å²) in [6.07, 6.45) is 2.08. The summed E-state index contributed by atoms with van der Waals surface area (Å²) in [5, 5.41) is 2.29. The number of hydrogen-bond acceptors (Lipinski definition) is 2. The summed E-state index contributed by atoms with van der Waals surface area (Å²) in [6, 6.07) is 17.3. The van der Waals surface area contributed by atoms with E-state index in [4.69, 9.17) is 9.97 Å². The molecule has 5 aromatic rings. The Morgan fingerprint density at radius 2 is 1.58 bits per heavy atom. The van der Waals surface area contributed by atoms with Gasteiger partial charge in [-0.1, -0.05) is 32.0 Å². The van der Waals surface area contributed by atoms with Crippen LogP contribution in [-0.2, 0) is 12.8 Å². The van der Waals surface area contributed by atoms with Gasteiger partial charge in [0.05, 0.1) is 22.1 Å². The van der Waals surface area contributed by atoms with Crippen LogP contribution in [0.1, 0.15) is 30.7 Å².